The predicted molar refractivity (Wildman–Crippen MR) is 113 cm³/mol. The fourth-order valence-electron chi connectivity index (χ4n) is 3.47. The van der Waals surface area contributed by atoms with Crippen molar-refractivity contribution < 1.29 is 8.95 Å². The first-order chi connectivity index (χ1) is 13.4. The number of halogens is 2. The SMILES string of the molecule is Cc1cnc(CS(=O)c2nc3cc(Cl)c(Cl)cc3[nH]2)c(C)c1N1CCOCC1. The molecule has 1 aromatic carbocycles. The van der Waals surface area contributed by atoms with Crippen molar-refractivity contribution in [1.29, 1.82) is 0 Å². The van der Waals surface area contributed by atoms with Crippen LogP contribution in [0.2, 0.25) is 10.0 Å². The van der Waals surface area contributed by atoms with E-state index in [4.69, 9.17) is 27.9 Å². The van der Waals surface area contributed by atoms with Gasteiger partial charge in [0.15, 0.2) is 5.16 Å². The van der Waals surface area contributed by atoms with Gasteiger partial charge < -0.3 is 14.6 Å². The lowest BCUT2D eigenvalue weighted by Crippen LogP contribution is -2.37. The van der Waals surface area contributed by atoms with E-state index in [9.17, 15) is 4.21 Å². The summed E-state index contributed by atoms with van der Waals surface area (Å²) >= 11 is 12.1. The fourth-order valence-corrected chi connectivity index (χ4v) is 4.89. The number of rotatable bonds is 4. The number of hydrogen-bond acceptors (Lipinski definition) is 5. The van der Waals surface area contributed by atoms with Gasteiger partial charge in [0.1, 0.15) is 0 Å². The molecule has 0 aliphatic carbocycles. The van der Waals surface area contributed by atoms with Crippen LogP contribution in [0.25, 0.3) is 11.0 Å². The Morgan fingerprint density at radius 3 is 2.68 bits per heavy atom. The van der Waals surface area contributed by atoms with Crippen molar-refractivity contribution in [2.24, 2.45) is 0 Å². The minimum absolute atomic E-state index is 0.282. The average molecular weight is 439 g/mol. The van der Waals surface area contributed by atoms with Crippen LogP contribution in [0.5, 0.6) is 0 Å². The second-order valence-corrected chi connectivity index (χ2v) is 8.96. The second kappa shape index (κ2) is 7.99. The Labute approximate surface area is 175 Å². The molecule has 4 rings (SSSR count). The molecule has 148 valence electrons. The highest BCUT2D eigenvalue weighted by Crippen LogP contribution is 2.29. The van der Waals surface area contributed by atoms with Gasteiger partial charge >= 0.3 is 0 Å². The third kappa shape index (κ3) is 3.76. The largest absolute Gasteiger partial charge is 0.378 e. The minimum Gasteiger partial charge on any atom is -0.378 e. The van der Waals surface area contributed by atoms with Crippen molar-refractivity contribution >= 4 is 50.7 Å². The van der Waals surface area contributed by atoms with Crippen molar-refractivity contribution in [3.05, 3.63) is 45.2 Å². The number of fused-ring (bicyclic) bond motifs is 1. The highest BCUT2D eigenvalue weighted by atomic mass is 35.5. The van der Waals surface area contributed by atoms with Gasteiger partial charge in [-0.2, -0.15) is 0 Å². The number of pyridine rings is 1. The highest BCUT2D eigenvalue weighted by molar-refractivity contribution is 7.84. The van der Waals surface area contributed by atoms with E-state index in [1.165, 1.54) is 0 Å². The molecular formula is C19H20Cl2N4O2S. The molecule has 0 spiro atoms. The van der Waals surface area contributed by atoms with Crippen LogP contribution >= 0.6 is 23.2 Å². The fraction of sp³-hybridized carbons (Fsp3) is 0.368. The third-order valence-corrected chi connectivity index (χ3v) is 6.77. The number of nitrogens with zero attached hydrogens (tertiary/aromatic N) is 3. The molecule has 3 heterocycles. The average Bonchev–Trinajstić information content (AvgIpc) is 3.08. The third-order valence-electron chi connectivity index (χ3n) is 4.89. The summed E-state index contributed by atoms with van der Waals surface area (Å²) in [6.07, 6.45) is 1.85. The molecule has 0 saturated carbocycles. The molecule has 9 heteroatoms. The van der Waals surface area contributed by atoms with E-state index >= 15 is 0 Å². The van der Waals surface area contributed by atoms with E-state index in [0.29, 0.717) is 39.4 Å². The summed E-state index contributed by atoms with van der Waals surface area (Å²) < 4.78 is 18.4. The molecule has 1 fully saturated rings. The molecule has 1 aliphatic rings. The molecule has 3 aromatic rings. The van der Waals surface area contributed by atoms with Crippen LogP contribution in [-0.4, -0.2) is 45.5 Å². The Morgan fingerprint density at radius 1 is 1.21 bits per heavy atom. The molecule has 2 aromatic heterocycles. The van der Waals surface area contributed by atoms with Crippen molar-refractivity contribution in [1.82, 2.24) is 15.0 Å². The number of ether oxygens (including phenoxy) is 1. The molecule has 0 amide bonds. The van der Waals surface area contributed by atoms with E-state index in [1.807, 2.05) is 13.1 Å². The monoisotopic (exact) mass is 438 g/mol. The maximum absolute atomic E-state index is 13.0. The van der Waals surface area contributed by atoms with Gasteiger partial charge in [0.25, 0.3) is 0 Å². The molecule has 28 heavy (non-hydrogen) atoms. The van der Waals surface area contributed by atoms with Gasteiger partial charge in [-0.1, -0.05) is 23.2 Å². The van der Waals surface area contributed by atoms with Crippen molar-refractivity contribution in [2.45, 2.75) is 24.8 Å². The van der Waals surface area contributed by atoms with Crippen LogP contribution in [-0.2, 0) is 21.3 Å². The zero-order valence-electron chi connectivity index (χ0n) is 15.6. The van der Waals surface area contributed by atoms with Crippen molar-refractivity contribution in [2.75, 3.05) is 31.2 Å². The van der Waals surface area contributed by atoms with Crippen LogP contribution in [0.4, 0.5) is 5.69 Å². The first-order valence-electron chi connectivity index (χ1n) is 8.95. The van der Waals surface area contributed by atoms with Gasteiger partial charge in [0, 0.05) is 25.0 Å². The number of aromatic nitrogens is 3. The molecule has 1 saturated heterocycles. The lowest BCUT2D eigenvalue weighted by atomic mass is 10.1. The zero-order valence-corrected chi connectivity index (χ0v) is 17.9. The number of anilines is 1. The van der Waals surface area contributed by atoms with Crippen LogP contribution in [0.3, 0.4) is 0 Å². The summed E-state index contributed by atoms with van der Waals surface area (Å²) in [5, 5.41) is 1.24. The summed E-state index contributed by atoms with van der Waals surface area (Å²) in [4.78, 5) is 14.4. The predicted octanol–water partition coefficient (Wildman–Crippen LogP) is 4.03. The molecule has 1 aliphatic heterocycles. The van der Waals surface area contributed by atoms with Crippen LogP contribution in [0, 0.1) is 13.8 Å². The highest BCUT2D eigenvalue weighted by Gasteiger charge is 2.20. The molecule has 6 nitrogen and oxygen atoms in total. The van der Waals surface area contributed by atoms with Gasteiger partial charge in [-0.25, -0.2) is 4.98 Å². The molecule has 0 bridgehead atoms. The van der Waals surface area contributed by atoms with Crippen molar-refractivity contribution in [3.8, 4) is 0 Å². The Morgan fingerprint density at radius 2 is 1.93 bits per heavy atom. The standard InChI is InChI=1S/C19H20Cl2N4O2S/c1-11-9-22-17(12(2)18(11)25-3-5-27-6-4-25)10-28(26)19-23-15-7-13(20)14(21)8-16(15)24-19/h7-9H,3-6,10H2,1-2H3,(H,23,24). The maximum Gasteiger partial charge on any atom is 0.197 e. The summed E-state index contributed by atoms with van der Waals surface area (Å²) in [5.41, 5.74) is 5.48. The van der Waals surface area contributed by atoms with E-state index in [-0.39, 0.29) is 5.75 Å². The normalized spacial score (nSPS) is 15.9. The van der Waals surface area contributed by atoms with Gasteiger partial charge in [-0.3, -0.25) is 9.19 Å². The van der Waals surface area contributed by atoms with E-state index in [2.05, 4.69) is 26.8 Å². The molecular weight excluding hydrogens is 419 g/mol. The number of nitrogens with one attached hydrogen (secondary N) is 1. The number of aromatic amines is 1. The topological polar surface area (TPSA) is 71.1 Å². The first-order valence-corrected chi connectivity index (χ1v) is 11.0. The number of H-pyrrole nitrogens is 1. The van der Waals surface area contributed by atoms with Gasteiger partial charge in [-0.05, 0) is 37.1 Å². The van der Waals surface area contributed by atoms with Crippen molar-refractivity contribution in [3.63, 3.8) is 0 Å². The number of benzene rings is 1. The maximum atomic E-state index is 13.0. The summed E-state index contributed by atoms with van der Waals surface area (Å²) in [5.74, 6) is 0.282. The Balaban J connectivity index is 1.62. The van der Waals surface area contributed by atoms with Crippen LogP contribution in [0.15, 0.2) is 23.5 Å². The lowest BCUT2D eigenvalue weighted by molar-refractivity contribution is 0.122. The number of hydrogen-bond donors (Lipinski definition) is 1. The van der Waals surface area contributed by atoms with E-state index in [1.54, 1.807) is 12.1 Å². The molecule has 1 atom stereocenters. The van der Waals surface area contributed by atoms with Gasteiger partial charge in [0.2, 0.25) is 0 Å². The van der Waals surface area contributed by atoms with Gasteiger partial charge in [0.05, 0.1) is 56.5 Å². The molecule has 0 radical (unpaired) electrons. The zero-order chi connectivity index (χ0) is 19.8. The Hall–Kier alpha value is -1.67. The number of imidazole rings is 1. The smallest absolute Gasteiger partial charge is 0.197 e. The van der Waals surface area contributed by atoms with E-state index < -0.39 is 10.8 Å². The number of morpholine rings is 1. The lowest BCUT2D eigenvalue weighted by Gasteiger charge is -2.31. The summed E-state index contributed by atoms with van der Waals surface area (Å²) in [6, 6.07) is 3.36. The second-order valence-electron chi connectivity index (χ2n) is 6.78. The van der Waals surface area contributed by atoms with Crippen LogP contribution < -0.4 is 4.90 Å². The van der Waals surface area contributed by atoms with Gasteiger partial charge in [-0.15, -0.1) is 0 Å². The van der Waals surface area contributed by atoms with Crippen LogP contribution in [0.1, 0.15) is 16.8 Å². The Kier molecular flexibility index (Phi) is 5.60. The Bertz CT molecular complexity index is 1020. The first kappa shape index (κ1) is 19.6. The minimum atomic E-state index is -1.37. The summed E-state index contributed by atoms with van der Waals surface area (Å²) in [6.45, 7) is 7.21. The molecule has 1 N–H and O–H groups in total. The van der Waals surface area contributed by atoms with E-state index in [0.717, 1.165) is 35.6 Å². The quantitative estimate of drug-likeness (QED) is 0.665. The molecule has 1 unspecified atom stereocenters. The summed E-state index contributed by atoms with van der Waals surface area (Å²) in [7, 11) is -1.37. The number of aryl methyl sites for hydroxylation is 1.